The standard InChI is InChI=1S/C43H72O11/c1-3-5-7-9-11-13-15-17-19-21-23-25-27-29-31-36(44)51-33-35(34-52-43-40(48)38(46)39(47)41(54-43)42(49)50)53-37(45)32-30-28-26-24-22-20-18-16-14-12-10-8-6-4-2/h9-12,15-18,35,38-41,43,46-48H,3-8,13-14,19-34H2,1-2H3,(H,49,50)/b11-9-,12-10-,17-15-,18-16-. The minimum Gasteiger partial charge on any atom is -0.479 e. The van der Waals surface area contributed by atoms with Crippen LogP contribution in [0.2, 0.25) is 0 Å². The number of rotatable bonds is 33. The summed E-state index contributed by atoms with van der Waals surface area (Å²) < 4.78 is 21.6. The number of esters is 2. The van der Waals surface area contributed by atoms with E-state index in [1.807, 2.05) is 0 Å². The van der Waals surface area contributed by atoms with Crippen LogP contribution in [0.5, 0.6) is 0 Å². The summed E-state index contributed by atoms with van der Waals surface area (Å²) in [6, 6.07) is 0. The summed E-state index contributed by atoms with van der Waals surface area (Å²) in [5, 5.41) is 39.7. The number of aliphatic hydroxyl groups is 3. The number of aliphatic hydroxyl groups excluding tert-OH is 3. The second kappa shape index (κ2) is 33.5. The normalized spacial score (nSPS) is 21.1. The number of allylic oxidation sites excluding steroid dienone is 8. The summed E-state index contributed by atoms with van der Waals surface area (Å²) in [6.45, 7) is 3.68. The predicted molar refractivity (Wildman–Crippen MR) is 211 cm³/mol. The molecule has 4 N–H and O–H groups in total. The molecule has 11 nitrogen and oxygen atoms in total. The fourth-order valence-electron chi connectivity index (χ4n) is 5.79. The number of carbonyl (C=O) groups is 3. The van der Waals surface area contributed by atoms with E-state index in [1.165, 1.54) is 25.7 Å². The molecule has 54 heavy (non-hydrogen) atoms. The lowest BCUT2D eigenvalue weighted by Gasteiger charge is -2.38. The molecule has 1 saturated heterocycles. The van der Waals surface area contributed by atoms with Crippen LogP contribution in [0.25, 0.3) is 0 Å². The Morgan fingerprint density at radius 2 is 1.04 bits per heavy atom. The van der Waals surface area contributed by atoms with Crippen LogP contribution in [0, 0.1) is 0 Å². The van der Waals surface area contributed by atoms with Gasteiger partial charge < -0.3 is 39.4 Å². The summed E-state index contributed by atoms with van der Waals surface area (Å²) in [7, 11) is 0. The van der Waals surface area contributed by atoms with Crippen molar-refractivity contribution in [2.24, 2.45) is 0 Å². The minimum absolute atomic E-state index is 0.162. The van der Waals surface area contributed by atoms with Crippen molar-refractivity contribution in [3.8, 4) is 0 Å². The highest BCUT2D eigenvalue weighted by molar-refractivity contribution is 5.73. The van der Waals surface area contributed by atoms with Crippen LogP contribution in [0.4, 0.5) is 0 Å². The molecule has 0 radical (unpaired) electrons. The van der Waals surface area contributed by atoms with Gasteiger partial charge in [0.15, 0.2) is 18.5 Å². The van der Waals surface area contributed by atoms with Crippen LogP contribution in [-0.2, 0) is 33.3 Å². The van der Waals surface area contributed by atoms with Gasteiger partial charge in [-0.05, 0) is 64.2 Å². The van der Waals surface area contributed by atoms with Crippen molar-refractivity contribution < 1.29 is 53.8 Å². The molecule has 1 rings (SSSR count). The number of aliphatic carboxylic acids is 1. The smallest absolute Gasteiger partial charge is 0.335 e. The fraction of sp³-hybridized carbons (Fsp3) is 0.744. The van der Waals surface area contributed by atoms with Crippen molar-refractivity contribution in [1.29, 1.82) is 0 Å². The number of carboxylic acid groups (broad SMARTS) is 1. The van der Waals surface area contributed by atoms with Gasteiger partial charge in [0, 0.05) is 12.8 Å². The molecule has 0 saturated carbocycles. The average molecular weight is 765 g/mol. The topological polar surface area (TPSA) is 169 Å². The first-order valence-corrected chi connectivity index (χ1v) is 20.7. The van der Waals surface area contributed by atoms with E-state index in [0.717, 1.165) is 89.9 Å². The molecule has 1 fully saturated rings. The summed E-state index contributed by atoms with van der Waals surface area (Å²) in [6.07, 6.45) is 28.8. The van der Waals surface area contributed by atoms with E-state index in [1.54, 1.807) is 0 Å². The molecule has 0 aromatic carbocycles. The first kappa shape index (κ1) is 49.2. The van der Waals surface area contributed by atoms with Crippen LogP contribution < -0.4 is 0 Å². The van der Waals surface area contributed by atoms with Gasteiger partial charge in [0.05, 0.1) is 6.61 Å². The van der Waals surface area contributed by atoms with Gasteiger partial charge in [-0.25, -0.2) is 4.79 Å². The third-order valence-corrected chi connectivity index (χ3v) is 9.15. The SMILES string of the molecule is CCCC/C=C\C/C=C\CCCCCCCC(=O)OCC(COC1OC(C(=O)O)C(O)C(O)C1O)OC(=O)CCCCCCC/C=C\C/C=C\CCCC. The Balaban J connectivity index is 2.44. The molecule has 11 heteroatoms. The maximum Gasteiger partial charge on any atom is 0.335 e. The maximum atomic E-state index is 12.7. The Labute approximate surface area is 324 Å². The van der Waals surface area contributed by atoms with E-state index in [4.69, 9.17) is 18.9 Å². The van der Waals surface area contributed by atoms with Crippen LogP contribution in [0.3, 0.4) is 0 Å². The molecule has 6 unspecified atom stereocenters. The molecule has 0 aliphatic carbocycles. The maximum absolute atomic E-state index is 12.7. The number of unbranched alkanes of at least 4 members (excludes halogenated alkanes) is 14. The summed E-state index contributed by atoms with van der Waals surface area (Å²) >= 11 is 0. The molecule has 0 aromatic rings. The van der Waals surface area contributed by atoms with Crippen LogP contribution in [0.15, 0.2) is 48.6 Å². The van der Waals surface area contributed by atoms with Crippen molar-refractivity contribution in [3.63, 3.8) is 0 Å². The van der Waals surface area contributed by atoms with E-state index in [-0.39, 0.29) is 19.4 Å². The molecule has 310 valence electrons. The summed E-state index contributed by atoms with van der Waals surface area (Å²) in [4.78, 5) is 36.7. The molecule has 1 aliphatic heterocycles. The molecule has 1 aliphatic rings. The van der Waals surface area contributed by atoms with Crippen molar-refractivity contribution in [2.45, 2.75) is 192 Å². The Morgan fingerprint density at radius 3 is 1.54 bits per heavy atom. The van der Waals surface area contributed by atoms with Gasteiger partial charge in [-0.3, -0.25) is 9.59 Å². The number of hydrogen-bond acceptors (Lipinski definition) is 10. The van der Waals surface area contributed by atoms with Crippen molar-refractivity contribution >= 4 is 17.9 Å². The first-order chi connectivity index (χ1) is 26.2. The van der Waals surface area contributed by atoms with Gasteiger partial charge in [0.1, 0.15) is 24.9 Å². The van der Waals surface area contributed by atoms with Crippen LogP contribution in [-0.4, -0.2) is 88.4 Å². The molecule has 0 bridgehead atoms. The van der Waals surface area contributed by atoms with E-state index < -0.39 is 61.3 Å². The highest BCUT2D eigenvalue weighted by Gasteiger charge is 2.47. The van der Waals surface area contributed by atoms with Gasteiger partial charge in [0.2, 0.25) is 0 Å². The molecule has 0 amide bonds. The third-order valence-electron chi connectivity index (χ3n) is 9.15. The monoisotopic (exact) mass is 765 g/mol. The fourth-order valence-corrected chi connectivity index (χ4v) is 5.79. The molecule has 0 aromatic heterocycles. The first-order valence-electron chi connectivity index (χ1n) is 20.7. The van der Waals surface area contributed by atoms with Gasteiger partial charge in [-0.15, -0.1) is 0 Å². The highest BCUT2D eigenvalue weighted by atomic mass is 16.7. The lowest BCUT2D eigenvalue weighted by molar-refractivity contribution is -0.298. The third kappa shape index (κ3) is 25.3. The zero-order valence-corrected chi connectivity index (χ0v) is 33.2. The molecular formula is C43H72O11. The van der Waals surface area contributed by atoms with E-state index in [9.17, 15) is 34.8 Å². The second-order valence-electron chi connectivity index (χ2n) is 14.1. The molecular weight excluding hydrogens is 692 g/mol. The summed E-state index contributed by atoms with van der Waals surface area (Å²) in [5.74, 6) is -2.49. The largest absolute Gasteiger partial charge is 0.479 e. The lowest BCUT2D eigenvalue weighted by atomic mass is 9.99. The lowest BCUT2D eigenvalue weighted by Crippen LogP contribution is -2.60. The Kier molecular flexibility index (Phi) is 30.5. The van der Waals surface area contributed by atoms with Crippen molar-refractivity contribution in [1.82, 2.24) is 0 Å². The van der Waals surface area contributed by atoms with Gasteiger partial charge >= 0.3 is 17.9 Å². The molecule has 1 heterocycles. The van der Waals surface area contributed by atoms with Crippen molar-refractivity contribution in [2.75, 3.05) is 13.2 Å². The Hall–Kier alpha value is -2.83. The number of carboxylic acids is 1. The molecule has 6 atom stereocenters. The van der Waals surface area contributed by atoms with Gasteiger partial charge in [-0.1, -0.05) is 127 Å². The number of ether oxygens (including phenoxy) is 4. The predicted octanol–water partition coefficient (Wildman–Crippen LogP) is 8.20. The van der Waals surface area contributed by atoms with E-state index in [0.29, 0.717) is 12.8 Å². The second-order valence-corrected chi connectivity index (χ2v) is 14.1. The number of hydrogen-bond donors (Lipinski definition) is 4. The van der Waals surface area contributed by atoms with Crippen LogP contribution >= 0.6 is 0 Å². The van der Waals surface area contributed by atoms with Crippen molar-refractivity contribution in [3.05, 3.63) is 48.6 Å². The summed E-state index contributed by atoms with van der Waals surface area (Å²) in [5.41, 5.74) is 0. The Morgan fingerprint density at radius 1 is 0.574 bits per heavy atom. The van der Waals surface area contributed by atoms with E-state index >= 15 is 0 Å². The molecule has 0 spiro atoms. The van der Waals surface area contributed by atoms with Crippen LogP contribution in [0.1, 0.15) is 155 Å². The minimum atomic E-state index is -1.87. The average Bonchev–Trinajstić information content (AvgIpc) is 3.15. The highest BCUT2D eigenvalue weighted by Crippen LogP contribution is 2.23. The number of carbonyl (C=O) groups excluding carboxylic acids is 2. The zero-order chi connectivity index (χ0) is 39.7. The van der Waals surface area contributed by atoms with Gasteiger partial charge in [0.25, 0.3) is 0 Å². The Bertz CT molecular complexity index is 1090. The van der Waals surface area contributed by atoms with E-state index in [2.05, 4.69) is 62.5 Å². The quantitative estimate of drug-likeness (QED) is 0.0289. The zero-order valence-electron chi connectivity index (χ0n) is 33.2. The van der Waals surface area contributed by atoms with Gasteiger partial charge in [-0.2, -0.15) is 0 Å².